The summed E-state index contributed by atoms with van der Waals surface area (Å²) in [6, 6.07) is 22.6. The van der Waals surface area contributed by atoms with Crippen molar-refractivity contribution in [3.8, 4) is 11.4 Å². The fraction of sp³-hybridized carbons (Fsp3) is 0.222. The largest absolute Gasteiger partial charge is 0.495 e. The normalized spacial score (nSPS) is 11.9. The highest BCUT2D eigenvalue weighted by atomic mass is 32.2. The van der Waals surface area contributed by atoms with Crippen LogP contribution in [0.15, 0.2) is 82.7 Å². The minimum Gasteiger partial charge on any atom is -0.495 e. The Balaban J connectivity index is 1.61. The summed E-state index contributed by atoms with van der Waals surface area (Å²) in [7, 11) is 1.56. The molecule has 0 fully saturated rings. The van der Waals surface area contributed by atoms with Gasteiger partial charge in [0.1, 0.15) is 5.75 Å². The van der Waals surface area contributed by atoms with Crippen molar-refractivity contribution >= 4 is 28.6 Å². The van der Waals surface area contributed by atoms with Crippen LogP contribution in [0.2, 0.25) is 0 Å². The number of nitrogens with one attached hydrogen (secondary N) is 1. The van der Waals surface area contributed by atoms with E-state index in [0.29, 0.717) is 27.5 Å². The first-order chi connectivity index (χ1) is 16.5. The molecule has 174 valence electrons. The second-order valence-electron chi connectivity index (χ2n) is 7.90. The minimum absolute atomic E-state index is 0.122. The second kappa shape index (κ2) is 10.6. The van der Waals surface area contributed by atoms with E-state index in [1.54, 1.807) is 25.3 Å². The fourth-order valence-electron chi connectivity index (χ4n) is 3.77. The predicted molar refractivity (Wildman–Crippen MR) is 137 cm³/mol. The molecule has 0 saturated carbocycles. The average molecular weight is 474 g/mol. The van der Waals surface area contributed by atoms with Crippen molar-refractivity contribution < 1.29 is 9.53 Å². The molecule has 4 aromatic rings. The number of thioether (sulfide) groups is 1. The summed E-state index contributed by atoms with van der Waals surface area (Å²) in [6.07, 6.45) is 0.977. The van der Waals surface area contributed by atoms with Gasteiger partial charge in [0.15, 0.2) is 5.16 Å². The molecule has 0 bridgehead atoms. The number of methoxy groups -OCH3 is 1. The van der Waals surface area contributed by atoms with Gasteiger partial charge in [-0.3, -0.25) is 14.2 Å². The van der Waals surface area contributed by atoms with Gasteiger partial charge in [0.2, 0.25) is 5.91 Å². The molecule has 1 atom stereocenters. The van der Waals surface area contributed by atoms with Gasteiger partial charge in [-0.2, -0.15) is 0 Å². The monoisotopic (exact) mass is 473 g/mol. The van der Waals surface area contributed by atoms with Crippen LogP contribution in [0.1, 0.15) is 31.0 Å². The van der Waals surface area contributed by atoms with Gasteiger partial charge in [0, 0.05) is 0 Å². The summed E-state index contributed by atoms with van der Waals surface area (Å²) in [6.45, 7) is 4.07. The van der Waals surface area contributed by atoms with Gasteiger partial charge in [0.25, 0.3) is 5.56 Å². The van der Waals surface area contributed by atoms with Crippen molar-refractivity contribution in [1.29, 1.82) is 0 Å². The molecule has 1 N–H and O–H groups in total. The van der Waals surface area contributed by atoms with Crippen LogP contribution in [-0.4, -0.2) is 28.3 Å². The lowest BCUT2D eigenvalue weighted by Crippen LogP contribution is -2.29. The van der Waals surface area contributed by atoms with Crippen molar-refractivity contribution in [3.63, 3.8) is 0 Å². The van der Waals surface area contributed by atoms with Crippen molar-refractivity contribution in [2.75, 3.05) is 12.9 Å². The Morgan fingerprint density at radius 3 is 2.50 bits per heavy atom. The molecular formula is C27H27N3O3S. The van der Waals surface area contributed by atoms with Gasteiger partial charge < -0.3 is 10.1 Å². The summed E-state index contributed by atoms with van der Waals surface area (Å²) in [5.41, 5.74) is 3.27. The van der Waals surface area contributed by atoms with E-state index in [9.17, 15) is 9.59 Å². The van der Waals surface area contributed by atoms with E-state index in [4.69, 9.17) is 9.72 Å². The lowest BCUT2D eigenvalue weighted by molar-refractivity contribution is -0.119. The molecule has 0 aliphatic rings. The summed E-state index contributed by atoms with van der Waals surface area (Å²) >= 11 is 1.23. The highest BCUT2D eigenvalue weighted by molar-refractivity contribution is 7.99. The van der Waals surface area contributed by atoms with E-state index in [1.165, 1.54) is 21.9 Å². The number of aryl methyl sites for hydroxylation is 1. The van der Waals surface area contributed by atoms with E-state index in [1.807, 2.05) is 49.4 Å². The summed E-state index contributed by atoms with van der Waals surface area (Å²) in [5, 5.41) is 3.98. The smallest absolute Gasteiger partial charge is 0.266 e. The summed E-state index contributed by atoms with van der Waals surface area (Å²) in [4.78, 5) is 30.9. The van der Waals surface area contributed by atoms with Crippen LogP contribution in [0.25, 0.3) is 16.6 Å². The molecule has 0 aliphatic carbocycles. The molecule has 0 aliphatic heterocycles. The zero-order valence-corrected chi connectivity index (χ0v) is 20.3. The average Bonchev–Trinajstić information content (AvgIpc) is 2.87. The van der Waals surface area contributed by atoms with Crippen LogP contribution in [-0.2, 0) is 11.2 Å². The quantitative estimate of drug-likeness (QED) is 0.290. The van der Waals surface area contributed by atoms with Crippen molar-refractivity contribution in [2.45, 2.75) is 31.5 Å². The van der Waals surface area contributed by atoms with Crippen LogP contribution >= 0.6 is 11.8 Å². The van der Waals surface area contributed by atoms with Crippen molar-refractivity contribution in [2.24, 2.45) is 0 Å². The number of aromatic nitrogens is 2. The highest BCUT2D eigenvalue weighted by Crippen LogP contribution is 2.27. The maximum absolute atomic E-state index is 13.4. The molecular weight excluding hydrogens is 446 g/mol. The maximum Gasteiger partial charge on any atom is 0.266 e. The number of fused-ring (bicyclic) bond motifs is 1. The molecule has 1 amide bonds. The van der Waals surface area contributed by atoms with Gasteiger partial charge in [0.05, 0.1) is 35.5 Å². The standard InChI is InChI=1S/C27H27N3O3S/c1-4-19-13-15-20(16-14-19)18(2)28-25(31)17-34-27-29-22-10-6-5-9-21(22)26(32)30(27)23-11-7-8-12-24(23)33-3/h5-16,18H,4,17H2,1-3H3,(H,28,31). The zero-order chi connectivity index (χ0) is 24.1. The molecule has 34 heavy (non-hydrogen) atoms. The first-order valence-corrected chi connectivity index (χ1v) is 12.2. The number of ether oxygens (including phenoxy) is 1. The first-order valence-electron chi connectivity index (χ1n) is 11.2. The number of carbonyl (C=O) groups is 1. The third-order valence-electron chi connectivity index (χ3n) is 5.67. The molecule has 4 rings (SSSR count). The Morgan fingerprint density at radius 2 is 1.76 bits per heavy atom. The molecule has 3 aromatic carbocycles. The number of nitrogens with zero attached hydrogens (tertiary/aromatic N) is 2. The van der Waals surface area contributed by atoms with E-state index >= 15 is 0 Å². The van der Waals surface area contributed by atoms with Crippen LogP contribution in [0, 0.1) is 0 Å². The van der Waals surface area contributed by atoms with Crippen LogP contribution in [0.5, 0.6) is 5.75 Å². The topological polar surface area (TPSA) is 73.2 Å². The van der Waals surface area contributed by atoms with Crippen LogP contribution in [0.4, 0.5) is 0 Å². The number of carbonyl (C=O) groups excluding carboxylic acids is 1. The Labute approximate surface area is 203 Å². The van der Waals surface area contributed by atoms with E-state index in [0.717, 1.165) is 12.0 Å². The second-order valence-corrected chi connectivity index (χ2v) is 8.84. The number of hydrogen-bond acceptors (Lipinski definition) is 5. The lowest BCUT2D eigenvalue weighted by atomic mass is 10.1. The maximum atomic E-state index is 13.4. The molecule has 0 saturated heterocycles. The summed E-state index contributed by atoms with van der Waals surface area (Å²) in [5.74, 6) is 0.542. The molecule has 0 spiro atoms. The van der Waals surface area contributed by atoms with Gasteiger partial charge in [-0.1, -0.05) is 67.2 Å². The van der Waals surface area contributed by atoms with Crippen molar-refractivity contribution in [3.05, 3.63) is 94.3 Å². The van der Waals surface area contributed by atoms with E-state index in [-0.39, 0.29) is 23.3 Å². The van der Waals surface area contributed by atoms with Gasteiger partial charge in [-0.25, -0.2) is 4.98 Å². The van der Waals surface area contributed by atoms with Gasteiger partial charge in [-0.15, -0.1) is 0 Å². The molecule has 0 radical (unpaired) electrons. The summed E-state index contributed by atoms with van der Waals surface area (Å²) < 4.78 is 7.01. The Morgan fingerprint density at radius 1 is 1.06 bits per heavy atom. The Bertz CT molecular complexity index is 1370. The van der Waals surface area contributed by atoms with E-state index < -0.39 is 0 Å². The molecule has 1 heterocycles. The number of amides is 1. The highest BCUT2D eigenvalue weighted by Gasteiger charge is 2.18. The molecule has 6 nitrogen and oxygen atoms in total. The first kappa shape index (κ1) is 23.6. The van der Waals surface area contributed by atoms with E-state index in [2.05, 4.69) is 24.4 Å². The number of rotatable bonds is 8. The third-order valence-corrected chi connectivity index (χ3v) is 6.61. The number of para-hydroxylation sites is 3. The van der Waals surface area contributed by atoms with Crippen molar-refractivity contribution in [1.82, 2.24) is 14.9 Å². The van der Waals surface area contributed by atoms with Crippen LogP contribution < -0.4 is 15.6 Å². The number of hydrogen-bond donors (Lipinski definition) is 1. The Kier molecular flexibility index (Phi) is 7.33. The third kappa shape index (κ3) is 4.99. The predicted octanol–water partition coefficient (Wildman–Crippen LogP) is 4.93. The minimum atomic E-state index is -0.206. The molecule has 1 aromatic heterocycles. The lowest BCUT2D eigenvalue weighted by Gasteiger charge is -2.17. The van der Waals surface area contributed by atoms with Crippen LogP contribution in [0.3, 0.4) is 0 Å². The van der Waals surface area contributed by atoms with Gasteiger partial charge in [-0.05, 0) is 48.7 Å². The fourth-order valence-corrected chi connectivity index (χ4v) is 4.59. The number of benzene rings is 3. The van der Waals surface area contributed by atoms with Gasteiger partial charge >= 0.3 is 0 Å². The Hall–Kier alpha value is -3.58. The molecule has 7 heteroatoms. The SMILES string of the molecule is CCc1ccc(C(C)NC(=O)CSc2nc3ccccc3c(=O)n2-c2ccccc2OC)cc1. The zero-order valence-electron chi connectivity index (χ0n) is 19.4. The molecule has 1 unspecified atom stereocenters.